The number of carboxylic acids is 1. The van der Waals surface area contributed by atoms with Crippen LogP contribution in [0.15, 0.2) is 42.5 Å². The topological polar surface area (TPSA) is 111 Å². The summed E-state index contributed by atoms with van der Waals surface area (Å²) in [4.78, 5) is 41.3. The monoisotopic (exact) mass is 578 g/mol. The fourth-order valence-corrected chi connectivity index (χ4v) is 4.63. The molecule has 2 amide bonds. The van der Waals surface area contributed by atoms with Crippen LogP contribution in [-0.4, -0.2) is 85.1 Å². The number of likely N-dealkylation sites (tertiary alicyclic amines) is 1. The van der Waals surface area contributed by atoms with Gasteiger partial charge in [-0.05, 0) is 69.3 Å². The molecule has 11 heteroatoms. The van der Waals surface area contributed by atoms with E-state index >= 15 is 0 Å². The number of nitrogens with one attached hydrogen (secondary N) is 2. The van der Waals surface area contributed by atoms with E-state index in [4.69, 9.17) is 33.0 Å². The molecule has 1 saturated heterocycles. The number of hydrogen-bond donors (Lipinski definition) is 3. The van der Waals surface area contributed by atoms with Gasteiger partial charge in [0.1, 0.15) is 11.8 Å². The molecule has 1 aliphatic rings. The molecule has 39 heavy (non-hydrogen) atoms. The maximum atomic E-state index is 13.0. The van der Waals surface area contributed by atoms with Crippen molar-refractivity contribution < 1.29 is 24.2 Å². The van der Waals surface area contributed by atoms with Crippen LogP contribution in [0.4, 0.5) is 0 Å². The summed E-state index contributed by atoms with van der Waals surface area (Å²) >= 11 is 11.9. The van der Waals surface area contributed by atoms with Crippen LogP contribution in [0.1, 0.15) is 41.6 Å². The van der Waals surface area contributed by atoms with Crippen LogP contribution in [0, 0.1) is 0 Å². The molecule has 0 saturated carbocycles. The van der Waals surface area contributed by atoms with Gasteiger partial charge < -0.3 is 25.4 Å². The third kappa shape index (κ3) is 10.3. The summed E-state index contributed by atoms with van der Waals surface area (Å²) in [6, 6.07) is 11.3. The van der Waals surface area contributed by atoms with Gasteiger partial charge in [-0.3, -0.25) is 19.3 Å². The van der Waals surface area contributed by atoms with Crippen LogP contribution in [0.2, 0.25) is 10.0 Å². The first-order chi connectivity index (χ1) is 18.6. The van der Waals surface area contributed by atoms with Gasteiger partial charge in [0.15, 0.2) is 0 Å². The Morgan fingerprint density at radius 2 is 1.87 bits per heavy atom. The Balaban J connectivity index is 1.50. The van der Waals surface area contributed by atoms with Gasteiger partial charge in [0.2, 0.25) is 5.91 Å². The molecule has 3 rings (SSSR count). The van der Waals surface area contributed by atoms with Crippen molar-refractivity contribution in [3.05, 3.63) is 63.6 Å². The van der Waals surface area contributed by atoms with Gasteiger partial charge in [0, 0.05) is 44.2 Å². The van der Waals surface area contributed by atoms with Crippen molar-refractivity contribution in [2.75, 3.05) is 40.3 Å². The van der Waals surface area contributed by atoms with E-state index < -0.39 is 23.8 Å². The Bertz CT molecular complexity index is 1130. The zero-order valence-corrected chi connectivity index (χ0v) is 23.8. The highest BCUT2D eigenvalue weighted by Crippen LogP contribution is 2.23. The van der Waals surface area contributed by atoms with E-state index in [1.807, 2.05) is 38.4 Å². The third-order valence-electron chi connectivity index (χ3n) is 6.42. The molecule has 1 aliphatic heterocycles. The van der Waals surface area contributed by atoms with E-state index in [1.54, 1.807) is 0 Å². The normalized spacial score (nSPS) is 16.2. The minimum atomic E-state index is -1.05. The number of hydrogen-bond acceptors (Lipinski definition) is 6. The van der Waals surface area contributed by atoms with E-state index in [1.165, 1.54) is 18.2 Å². The van der Waals surface area contributed by atoms with Crippen molar-refractivity contribution in [2.24, 2.45) is 0 Å². The summed E-state index contributed by atoms with van der Waals surface area (Å²) in [5.74, 6) is -1.14. The number of nitrogens with zero attached hydrogens (tertiary/aromatic N) is 2. The van der Waals surface area contributed by atoms with E-state index in [0.29, 0.717) is 18.2 Å². The molecule has 2 atom stereocenters. The van der Waals surface area contributed by atoms with Crippen LogP contribution < -0.4 is 15.4 Å². The number of rotatable bonds is 14. The second-order valence-electron chi connectivity index (χ2n) is 9.97. The first-order valence-corrected chi connectivity index (χ1v) is 13.7. The molecule has 0 aromatic heterocycles. The smallest absolute Gasteiger partial charge is 0.303 e. The second kappa shape index (κ2) is 15.1. The van der Waals surface area contributed by atoms with E-state index in [2.05, 4.69) is 20.4 Å². The summed E-state index contributed by atoms with van der Waals surface area (Å²) in [6.07, 6.45) is 1.43. The summed E-state index contributed by atoms with van der Waals surface area (Å²) in [6.45, 7) is 3.86. The van der Waals surface area contributed by atoms with Crippen LogP contribution in [0.3, 0.4) is 0 Å². The molecule has 0 radical (unpaired) electrons. The third-order valence-corrected chi connectivity index (χ3v) is 7.16. The molecule has 212 valence electrons. The largest absolute Gasteiger partial charge is 0.494 e. The lowest BCUT2D eigenvalue weighted by molar-refractivity contribution is -0.137. The average Bonchev–Trinajstić information content (AvgIpc) is 3.33. The Hall–Kier alpha value is -2.85. The quantitative estimate of drug-likeness (QED) is 0.293. The number of ether oxygens (including phenoxy) is 1. The van der Waals surface area contributed by atoms with Gasteiger partial charge in [-0.1, -0.05) is 35.3 Å². The number of halogens is 2. The number of benzene rings is 2. The predicted molar refractivity (Wildman–Crippen MR) is 152 cm³/mol. The minimum absolute atomic E-state index is 0.0335. The molecule has 0 aliphatic carbocycles. The van der Waals surface area contributed by atoms with Crippen molar-refractivity contribution in [1.82, 2.24) is 20.4 Å². The van der Waals surface area contributed by atoms with Gasteiger partial charge in [-0.15, -0.1) is 0 Å². The molecule has 9 nitrogen and oxygen atoms in total. The standard InChI is InChI=1S/C28H36Cl2N4O5/c1-33(2)13-3-15-39-22-7-4-19(5-8-22)17-34-14-12-21(18-34)31-28(38)25(10-11-26(35)36)32-27(37)20-6-9-23(29)24(30)16-20/h4-9,16,21,25H,3,10-15,17-18H2,1-2H3,(H,31,38)(H,32,37)(H,35,36)/t21-,25-/m0/s1. The Morgan fingerprint density at radius 3 is 2.54 bits per heavy atom. The van der Waals surface area contributed by atoms with Crippen molar-refractivity contribution in [1.29, 1.82) is 0 Å². The maximum Gasteiger partial charge on any atom is 0.303 e. The zero-order valence-electron chi connectivity index (χ0n) is 22.3. The summed E-state index contributed by atoms with van der Waals surface area (Å²) in [7, 11) is 4.08. The Morgan fingerprint density at radius 1 is 1.13 bits per heavy atom. The van der Waals surface area contributed by atoms with Crippen LogP contribution in [0.5, 0.6) is 5.75 Å². The van der Waals surface area contributed by atoms with Gasteiger partial charge in [0.25, 0.3) is 5.91 Å². The summed E-state index contributed by atoms with van der Waals surface area (Å²) in [5.41, 5.74) is 1.38. The SMILES string of the molecule is CN(C)CCCOc1ccc(CN2CC[C@H](NC(=O)[C@H](CCC(=O)O)NC(=O)c3ccc(Cl)c(Cl)c3)C2)cc1. The van der Waals surface area contributed by atoms with Gasteiger partial charge in [0.05, 0.1) is 16.7 Å². The fraction of sp³-hybridized carbons (Fsp3) is 0.464. The number of carbonyl (C=O) groups is 3. The minimum Gasteiger partial charge on any atom is -0.494 e. The molecule has 0 bridgehead atoms. The molecule has 2 aromatic carbocycles. The van der Waals surface area contributed by atoms with Crippen LogP contribution in [0.25, 0.3) is 0 Å². The van der Waals surface area contributed by atoms with Crippen molar-refractivity contribution >= 4 is 41.0 Å². The Labute approximate surface area is 239 Å². The van der Waals surface area contributed by atoms with Crippen molar-refractivity contribution in [2.45, 2.75) is 44.3 Å². The lowest BCUT2D eigenvalue weighted by Crippen LogP contribution is -2.50. The Kier molecular flexibility index (Phi) is 11.9. The summed E-state index contributed by atoms with van der Waals surface area (Å²) in [5, 5.41) is 15.3. The van der Waals surface area contributed by atoms with Crippen molar-refractivity contribution in [3.8, 4) is 5.75 Å². The maximum absolute atomic E-state index is 13.0. The van der Waals surface area contributed by atoms with Crippen LogP contribution >= 0.6 is 23.2 Å². The number of amides is 2. The van der Waals surface area contributed by atoms with Crippen LogP contribution in [-0.2, 0) is 16.1 Å². The van der Waals surface area contributed by atoms with Gasteiger partial charge in [-0.25, -0.2) is 0 Å². The highest BCUT2D eigenvalue weighted by Gasteiger charge is 2.28. The summed E-state index contributed by atoms with van der Waals surface area (Å²) < 4.78 is 5.80. The first kappa shape index (κ1) is 30.7. The number of aliphatic carboxylic acids is 1. The number of carbonyl (C=O) groups excluding carboxylic acids is 2. The predicted octanol–water partition coefficient (Wildman–Crippen LogP) is 3.68. The molecule has 3 N–H and O–H groups in total. The highest BCUT2D eigenvalue weighted by atomic mass is 35.5. The average molecular weight is 580 g/mol. The van der Waals surface area contributed by atoms with E-state index in [0.717, 1.165) is 43.8 Å². The molecular weight excluding hydrogens is 543 g/mol. The molecule has 1 fully saturated rings. The molecule has 0 spiro atoms. The molecule has 0 unspecified atom stereocenters. The fourth-order valence-electron chi connectivity index (χ4n) is 4.33. The van der Waals surface area contributed by atoms with Crippen molar-refractivity contribution in [3.63, 3.8) is 0 Å². The zero-order chi connectivity index (χ0) is 28.4. The molecular formula is C28H36Cl2N4O5. The molecule has 2 aromatic rings. The highest BCUT2D eigenvalue weighted by molar-refractivity contribution is 6.42. The molecule has 1 heterocycles. The first-order valence-electron chi connectivity index (χ1n) is 13.0. The lowest BCUT2D eigenvalue weighted by Gasteiger charge is -2.21. The van der Waals surface area contributed by atoms with E-state index in [-0.39, 0.29) is 29.5 Å². The van der Waals surface area contributed by atoms with Gasteiger partial charge in [-0.2, -0.15) is 0 Å². The lowest BCUT2D eigenvalue weighted by atomic mass is 10.1. The van der Waals surface area contributed by atoms with Gasteiger partial charge >= 0.3 is 5.97 Å². The number of carboxylic acid groups (broad SMARTS) is 1. The second-order valence-corrected chi connectivity index (χ2v) is 10.8. The van der Waals surface area contributed by atoms with E-state index in [9.17, 15) is 14.4 Å².